The van der Waals surface area contributed by atoms with Crippen molar-refractivity contribution in [2.45, 2.75) is 46.1 Å². The van der Waals surface area contributed by atoms with Crippen molar-refractivity contribution >= 4 is 15.7 Å². The molecule has 1 aromatic heterocycles. The van der Waals surface area contributed by atoms with Gasteiger partial charge in [0.25, 0.3) is 11.5 Å². The van der Waals surface area contributed by atoms with Crippen molar-refractivity contribution in [2.24, 2.45) is 0 Å². The van der Waals surface area contributed by atoms with Crippen LogP contribution in [0.2, 0.25) is 0 Å². The number of hydrogen-bond acceptors (Lipinski definition) is 7. The summed E-state index contributed by atoms with van der Waals surface area (Å²) in [5, 5.41) is 2.83. The average molecular weight is 550 g/mol. The molecule has 0 radical (unpaired) electrons. The second-order valence-corrected chi connectivity index (χ2v) is 12.1. The lowest BCUT2D eigenvalue weighted by Crippen LogP contribution is -2.43. The number of ether oxygens (including phenoxy) is 2. The fourth-order valence-electron chi connectivity index (χ4n) is 4.16. The Hall–Kier alpha value is -3.94. The van der Waals surface area contributed by atoms with Gasteiger partial charge in [-0.15, -0.1) is 0 Å². The maximum atomic E-state index is 13.5. The van der Waals surface area contributed by atoms with Crippen LogP contribution in [-0.4, -0.2) is 42.5 Å². The fourth-order valence-corrected chi connectivity index (χ4v) is 4.49. The number of carbonyl (C=O) groups is 1. The van der Waals surface area contributed by atoms with Crippen LogP contribution in [-0.2, 0) is 39.9 Å². The highest BCUT2D eigenvalue weighted by atomic mass is 32.2. The molecule has 9 nitrogen and oxygen atoms in total. The van der Waals surface area contributed by atoms with Crippen molar-refractivity contribution in [2.75, 3.05) is 18.6 Å². The van der Waals surface area contributed by atoms with Crippen LogP contribution in [0.5, 0.6) is 5.75 Å². The number of fused-ring (bicyclic) bond motifs is 1. The van der Waals surface area contributed by atoms with Gasteiger partial charge in [-0.05, 0) is 43.5 Å². The molecule has 3 aromatic rings. The summed E-state index contributed by atoms with van der Waals surface area (Å²) < 4.78 is 36.2. The van der Waals surface area contributed by atoms with Gasteiger partial charge in [0.1, 0.15) is 23.8 Å². The monoisotopic (exact) mass is 549 g/mol. The third kappa shape index (κ3) is 6.93. The van der Waals surface area contributed by atoms with Crippen LogP contribution in [0.3, 0.4) is 0 Å². The predicted molar refractivity (Wildman–Crippen MR) is 147 cm³/mol. The maximum Gasteiger partial charge on any atom is 0.296 e. The summed E-state index contributed by atoms with van der Waals surface area (Å²) in [7, 11) is -3.24. The van der Waals surface area contributed by atoms with Crippen LogP contribution in [0.1, 0.15) is 52.4 Å². The lowest BCUT2D eigenvalue weighted by Gasteiger charge is -2.32. The molecule has 1 amide bonds. The first kappa shape index (κ1) is 28.1. The number of nitrogens with zero attached hydrogens (tertiary/aromatic N) is 2. The Bertz CT molecular complexity index is 1620. The molecule has 39 heavy (non-hydrogen) atoms. The molecular formula is C29H31N3O6S. The van der Waals surface area contributed by atoms with E-state index in [9.17, 15) is 18.0 Å². The molecule has 1 N–H and O–H groups in total. The topological polar surface area (TPSA) is 117 Å². The van der Waals surface area contributed by atoms with Crippen LogP contribution in [0, 0.1) is 18.8 Å². The van der Waals surface area contributed by atoms with E-state index < -0.39 is 26.9 Å². The molecule has 0 saturated heterocycles. The summed E-state index contributed by atoms with van der Waals surface area (Å²) in [6, 6.07) is 14.9. The van der Waals surface area contributed by atoms with E-state index in [1.165, 1.54) is 4.57 Å². The first-order valence-electron chi connectivity index (χ1n) is 12.4. The molecule has 0 atom stereocenters. The van der Waals surface area contributed by atoms with Gasteiger partial charge in [-0.2, -0.15) is 0 Å². The second kappa shape index (κ2) is 11.4. The quantitative estimate of drug-likeness (QED) is 0.451. The van der Waals surface area contributed by atoms with E-state index in [0.29, 0.717) is 30.1 Å². The molecule has 1 aliphatic rings. The second-order valence-electron chi connectivity index (χ2n) is 9.92. The van der Waals surface area contributed by atoms with Crippen molar-refractivity contribution < 1.29 is 22.7 Å². The number of carbonyl (C=O) groups excluding carboxylic acids is 1. The minimum absolute atomic E-state index is 0.0835. The molecule has 2 aromatic carbocycles. The van der Waals surface area contributed by atoms with Gasteiger partial charge in [-0.25, -0.2) is 13.4 Å². The van der Waals surface area contributed by atoms with Crippen molar-refractivity contribution in [3.8, 4) is 17.6 Å². The molecule has 1 aliphatic heterocycles. The van der Waals surface area contributed by atoms with Crippen LogP contribution in [0.25, 0.3) is 0 Å². The van der Waals surface area contributed by atoms with Crippen molar-refractivity contribution in [3.63, 3.8) is 0 Å². The van der Waals surface area contributed by atoms with Crippen LogP contribution >= 0.6 is 0 Å². The number of hydrogen-bond donors (Lipinski definition) is 1. The molecule has 4 rings (SSSR count). The number of benzene rings is 2. The van der Waals surface area contributed by atoms with Crippen molar-refractivity contribution in [1.82, 2.24) is 14.9 Å². The van der Waals surface area contributed by atoms with E-state index in [1.54, 1.807) is 13.8 Å². The van der Waals surface area contributed by atoms with Gasteiger partial charge in [0, 0.05) is 18.4 Å². The SMILES string of the molecule is Cc1ccc(CNC(=O)c2nc3n(c(=O)c2OCc2ccccc2)CCOC3(C)C)c(C#CCS(C)(=O)=O)c1. The minimum Gasteiger partial charge on any atom is -0.481 e. The summed E-state index contributed by atoms with van der Waals surface area (Å²) in [6.45, 7) is 6.30. The molecule has 2 heterocycles. The summed E-state index contributed by atoms with van der Waals surface area (Å²) in [5.41, 5.74) is 1.64. The molecule has 0 unspecified atom stereocenters. The normalized spacial score (nSPS) is 14.1. The zero-order chi connectivity index (χ0) is 28.2. The van der Waals surface area contributed by atoms with Gasteiger partial charge in [0.2, 0.25) is 5.75 Å². The van der Waals surface area contributed by atoms with Crippen LogP contribution in [0.4, 0.5) is 0 Å². The standard InChI is InChI=1S/C29H31N3O6S/c1-20-12-13-23(22(17-20)11-8-16-39(4,35)36)18-30-26(33)24-25(37-19-21-9-6-5-7-10-21)27(34)32-14-15-38-29(2,3)28(32)31-24/h5-7,9-10,12-13,17H,14-16,18-19H2,1-4H3,(H,30,33). The van der Waals surface area contributed by atoms with E-state index in [-0.39, 0.29) is 30.3 Å². The molecule has 0 spiro atoms. The predicted octanol–water partition coefficient (Wildman–Crippen LogP) is 2.72. The maximum absolute atomic E-state index is 13.5. The summed E-state index contributed by atoms with van der Waals surface area (Å²) >= 11 is 0. The van der Waals surface area contributed by atoms with E-state index in [4.69, 9.17) is 9.47 Å². The minimum atomic E-state index is -3.24. The van der Waals surface area contributed by atoms with Gasteiger partial charge >= 0.3 is 0 Å². The van der Waals surface area contributed by atoms with Crippen LogP contribution in [0.15, 0.2) is 53.3 Å². The van der Waals surface area contributed by atoms with E-state index >= 15 is 0 Å². The highest BCUT2D eigenvalue weighted by Gasteiger charge is 2.35. The number of sulfone groups is 1. The van der Waals surface area contributed by atoms with Gasteiger partial charge in [-0.1, -0.05) is 54.3 Å². The Kier molecular flexibility index (Phi) is 8.23. The number of rotatable bonds is 7. The van der Waals surface area contributed by atoms with Gasteiger partial charge in [0.15, 0.2) is 15.5 Å². The molecule has 0 bridgehead atoms. The average Bonchev–Trinajstić information content (AvgIpc) is 2.87. The van der Waals surface area contributed by atoms with Crippen molar-refractivity contribution in [3.05, 3.63) is 92.7 Å². The first-order valence-corrected chi connectivity index (χ1v) is 14.5. The van der Waals surface area contributed by atoms with Gasteiger partial charge in [-0.3, -0.25) is 14.2 Å². The Balaban J connectivity index is 1.66. The third-order valence-corrected chi connectivity index (χ3v) is 6.82. The van der Waals surface area contributed by atoms with Gasteiger partial charge in [0.05, 0.1) is 13.2 Å². The Morgan fingerprint density at radius 3 is 2.67 bits per heavy atom. The number of nitrogens with one attached hydrogen (secondary N) is 1. The molecule has 0 aliphatic carbocycles. The van der Waals surface area contributed by atoms with Crippen LogP contribution < -0.4 is 15.6 Å². The summed E-state index contributed by atoms with van der Waals surface area (Å²) in [5.74, 6) is 4.93. The molecule has 0 saturated carbocycles. The number of aromatic nitrogens is 2. The first-order chi connectivity index (χ1) is 18.4. The number of aryl methyl sites for hydroxylation is 1. The Morgan fingerprint density at radius 2 is 1.95 bits per heavy atom. The zero-order valence-electron chi connectivity index (χ0n) is 22.4. The third-order valence-electron chi connectivity index (χ3n) is 6.15. The highest BCUT2D eigenvalue weighted by Crippen LogP contribution is 2.28. The highest BCUT2D eigenvalue weighted by molar-refractivity contribution is 7.90. The largest absolute Gasteiger partial charge is 0.481 e. The molecular weight excluding hydrogens is 518 g/mol. The number of amides is 1. The lowest BCUT2D eigenvalue weighted by atomic mass is 10.0. The van der Waals surface area contributed by atoms with Gasteiger partial charge < -0.3 is 14.8 Å². The smallest absolute Gasteiger partial charge is 0.296 e. The molecule has 10 heteroatoms. The Labute approximate surface area is 228 Å². The summed E-state index contributed by atoms with van der Waals surface area (Å²) in [4.78, 5) is 31.5. The fraction of sp³-hybridized carbons (Fsp3) is 0.345. The van der Waals surface area contributed by atoms with Crippen molar-refractivity contribution in [1.29, 1.82) is 0 Å². The van der Waals surface area contributed by atoms with E-state index in [1.807, 2.05) is 55.5 Å². The lowest BCUT2D eigenvalue weighted by molar-refractivity contribution is -0.0567. The molecule has 204 valence electrons. The zero-order valence-corrected chi connectivity index (χ0v) is 23.2. The summed E-state index contributed by atoms with van der Waals surface area (Å²) in [6.07, 6.45) is 1.12. The van der Waals surface area contributed by atoms with E-state index in [2.05, 4.69) is 22.1 Å². The Morgan fingerprint density at radius 1 is 1.21 bits per heavy atom. The molecule has 0 fully saturated rings. The van der Waals surface area contributed by atoms with E-state index in [0.717, 1.165) is 17.4 Å².